The van der Waals surface area contributed by atoms with Crippen LogP contribution in [-0.4, -0.2) is 5.97 Å². The number of rotatable bonds is 19. The second kappa shape index (κ2) is 18.5. The second-order valence-corrected chi connectivity index (χ2v) is 9.91. The minimum absolute atomic E-state index is 0.251. The van der Waals surface area contributed by atoms with Gasteiger partial charge in [-0.3, -0.25) is 4.79 Å². The summed E-state index contributed by atoms with van der Waals surface area (Å²) in [4.78, 5) is 12.1. The van der Waals surface area contributed by atoms with Gasteiger partial charge in [0.25, 0.3) is 0 Å². The van der Waals surface area contributed by atoms with Gasteiger partial charge in [-0.2, -0.15) is 23.4 Å². The molecule has 0 spiro atoms. The molecule has 0 N–H and O–H groups in total. The third-order valence-electron chi connectivity index (χ3n) is 6.53. The Balaban J connectivity index is 1.50. The van der Waals surface area contributed by atoms with E-state index in [-0.39, 0.29) is 5.97 Å². The van der Waals surface area contributed by atoms with Crippen LogP contribution in [0.1, 0.15) is 115 Å². The van der Waals surface area contributed by atoms with Gasteiger partial charge >= 0.3 is 12.1 Å². The van der Waals surface area contributed by atoms with Crippen LogP contribution in [-0.2, 0) is 11.0 Å². The zero-order chi connectivity index (χ0) is 27.5. The van der Waals surface area contributed by atoms with E-state index >= 15 is 0 Å². The number of esters is 1. The highest BCUT2D eigenvalue weighted by molar-refractivity contribution is 5.72. The monoisotopic (exact) mass is 532 g/mol. The molecule has 0 saturated carbocycles. The maximum absolute atomic E-state index is 12.6. The number of carbonyl (C=O) groups is 1. The number of azo groups is 1. The van der Waals surface area contributed by atoms with Crippen molar-refractivity contribution in [2.24, 2.45) is 10.2 Å². The molecule has 0 bridgehead atoms. The van der Waals surface area contributed by atoms with E-state index in [4.69, 9.17) is 4.74 Å². The number of unbranched alkanes of at least 4 members (excludes halogenated alkanes) is 14. The molecule has 0 atom stereocenters. The third kappa shape index (κ3) is 14.3. The number of benzene rings is 2. The minimum Gasteiger partial charge on any atom is -0.427 e. The molecule has 0 unspecified atom stereocenters. The molecule has 210 valence electrons. The molecule has 0 fully saturated rings. The number of halogens is 3. The van der Waals surface area contributed by atoms with Crippen LogP contribution in [0.15, 0.2) is 58.8 Å². The first-order valence-electron chi connectivity index (χ1n) is 14.3. The van der Waals surface area contributed by atoms with E-state index in [0.717, 1.165) is 31.4 Å². The number of hydrogen-bond acceptors (Lipinski definition) is 4. The predicted octanol–water partition coefficient (Wildman–Crippen LogP) is 11.3. The summed E-state index contributed by atoms with van der Waals surface area (Å²) in [6.07, 6.45) is 15.2. The molecule has 0 radical (unpaired) electrons. The molecule has 7 heteroatoms. The number of carbonyl (C=O) groups excluding carboxylic acids is 1. The summed E-state index contributed by atoms with van der Waals surface area (Å²) in [5.74, 6) is 0.184. The van der Waals surface area contributed by atoms with Crippen LogP contribution in [0.4, 0.5) is 24.5 Å². The summed E-state index contributed by atoms with van der Waals surface area (Å²) in [6.45, 7) is 2.26. The maximum Gasteiger partial charge on any atom is 0.416 e. The quantitative estimate of drug-likeness (QED) is 0.0782. The lowest BCUT2D eigenvalue weighted by Gasteiger charge is -2.06. The number of alkyl halides is 3. The highest BCUT2D eigenvalue weighted by atomic mass is 19.4. The molecule has 0 amide bonds. The smallest absolute Gasteiger partial charge is 0.416 e. The van der Waals surface area contributed by atoms with Crippen LogP contribution >= 0.6 is 0 Å². The van der Waals surface area contributed by atoms with Gasteiger partial charge in [-0.05, 0) is 55.0 Å². The molecule has 2 aromatic rings. The predicted molar refractivity (Wildman–Crippen MR) is 147 cm³/mol. The Hall–Kier alpha value is -2.70. The van der Waals surface area contributed by atoms with E-state index in [1.54, 1.807) is 24.3 Å². The van der Waals surface area contributed by atoms with Gasteiger partial charge in [0.05, 0.1) is 16.9 Å². The van der Waals surface area contributed by atoms with Crippen LogP contribution in [0, 0.1) is 0 Å². The molecule has 0 aliphatic heterocycles. The molecule has 0 aliphatic rings. The Morgan fingerprint density at radius 3 is 1.45 bits per heavy atom. The summed E-state index contributed by atoms with van der Waals surface area (Å²) in [5, 5.41) is 7.96. The van der Waals surface area contributed by atoms with Crippen LogP contribution in [0.2, 0.25) is 0 Å². The fourth-order valence-corrected chi connectivity index (χ4v) is 4.24. The van der Waals surface area contributed by atoms with Crippen LogP contribution < -0.4 is 4.74 Å². The lowest BCUT2D eigenvalue weighted by molar-refractivity contribution is -0.137. The first-order chi connectivity index (χ1) is 18.4. The summed E-state index contributed by atoms with van der Waals surface area (Å²) in [5.41, 5.74) is 0.0936. The van der Waals surface area contributed by atoms with E-state index in [2.05, 4.69) is 17.2 Å². The molecule has 0 saturated heterocycles. The number of hydrogen-bond donors (Lipinski definition) is 0. The average Bonchev–Trinajstić information content (AvgIpc) is 2.90. The fourth-order valence-electron chi connectivity index (χ4n) is 4.24. The summed E-state index contributed by atoms with van der Waals surface area (Å²) in [6, 6.07) is 11.0. The van der Waals surface area contributed by atoms with Gasteiger partial charge in [0, 0.05) is 6.42 Å². The van der Waals surface area contributed by atoms with Crippen LogP contribution in [0.3, 0.4) is 0 Å². The van der Waals surface area contributed by atoms with Crippen molar-refractivity contribution < 1.29 is 22.7 Å². The highest BCUT2D eigenvalue weighted by Gasteiger charge is 2.29. The van der Waals surface area contributed by atoms with Crippen molar-refractivity contribution in [3.8, 4) is 5.75 Å². The Bertz CT molecular complexity index is 926. The zero-order valence-corrected chi connectivity index (χ0v) is 22.8. The average molecular weight is 533 g/mol. The summed E-state index contributed by atoms with van der Waals surface area (Å²) in [7, 11) is 0. The van der Waals surface area contributed by atoms with Crippen LogP contribution in [0.25, 0.3) is 0 Å². The van der Waals surface area contributed by atoms with Gasteiger partial charge in [0.2, 0.25) is 0 Å². The van der Waals surface area contributed by atoms with Crippen LogP contribution in [0.5, 0.6) is 5.75 Å². The Kier molecular flexibility index (Phi) is 15.4. The highest BCUT2D eigenvalue weighted by Crippen LogP contribution is 2.31. The van der Waals surface area contributed by atoms with Gasteiger partial charge in [-0.25, -0.2) is 0 Å². The molecule has 38 heavy (non-hydrogen) atoms. The lowest BCUT2D eigenvalue weighted by atomic mass is 10.0. The molecule has 0 aliphatic carbocycles. The molecule has 2 aromatic carbocycles. The van der Waals surface area contributed by atoms with E-state index in [1.807, 2.05) is 0 Å². The standard InChI is InChI=1S/C31H43F3N2O2/c1-2-3-4-5-6-7-8-9-10-11-12-13-14-15-16-17-30(37)38-29-24-22-28(23-25-29)36-35-27-20-18-26(19-21-27)31(32,33)34/h18-25H,2-17H2,1H3. The van der Waals surface area contributed by atoms with Gasteiger partial charge in [-0.1, -0.05) is 96.8 Å². The van der Waals surface area contributed by atoms with E-state index in [1.165, 1.54) is 89.2 Å². The van der Waals surface area contributed by atoms with Gasteiger partial charge in [0.1, 0.15) is 5.75 Å². The molecule has 0 heterocycles. The van der Waals surface area contributed by atoms with Crippen molar-refractivity contribution >= 4 is 17.3 Å². The maximum atomic E-state index is 12.6. The molecule has 2 rings (SSSR count). The topological polar surface area (TPSA) is 51.0 Å². The Labute approximate surface area is 226 Å². The van der Waals surface area contributed by atoms with E-state index in [9.17, 15) is 18.0 Å². The molecule has 0 aromatic heterocycles. The molecule has 4 nitrogen and oxygen atoms in total. The first-order valence-corrected chi connectivity index (χ1v) is 14.3. The Morgan fingerprint density at radius 2 is 1.03 bits per heavy atom. The van der Waals surface area contributed by atoms with E-state index in [0.29, 0.717) is 23.5 Å². The summed E-state index contributed by atoms with van der Waals surface area (Å²) < 4.78 is 43.2. The van der Waals surface area contributed by atoms with Crippen molar-refractivity contribution in [2.75, 3.05) is 0 Å². The zero-order valence-electron chi connectivity index (χ0n) is 22.8. The lowest BCUT2D eigenvalue weighted by Crippen LogP contribution is -2.07. The fraction of sp³-hybridized carbons (Fsp3) is 0.581. The SMILES string of the molecule is CCCCCCCCCCCCCCCCCC(=O)Oc1ccc(N=Nc2ccc(C(F)(F)F)cc2)cc1. The van der Waals surface area contributed by atoms with Crippen molar-refractivity contribution in [3.05, 3.63) is 54.1 Å². The van der Waals surface area contributed by atoms with Crippen molar-refractivity contribution in [1.29, 1.82) is 0 Å². The van der Waals surface area contributed by atoms with Crippen molar-refractivity contribution in [2.45, 2.75) is 116 Å². The van der Waals surface area contributed by atoms with Gasteiger partial charge in [0.15, 0.2) is 0 Å². The van der Waals surface area contributed by atoms with E-state index < -0.39 is 11.7 Å². The molecular weight excluding hydrogens is 489 g/mol. The number of ether oxygens (including phenoxy) is 1. The van der Waals surface area contributed by atoms with Gasteiger partial charge in [-0.15, -0.1) is 0 Å². The second-order valence-electron chi connectivity index (χ2n) is 9.91. The molecular formula is C31H43F3N2O2. The first kappa shape index (κ1) is 31.5. The largest absolute Gasteiger partial charge is 0.427 e. The van der Waals surface area contributed by atoms with Crippen molar-refractivity contribution in [1.82, 2.24) is 0 Å². The number of nitrogens with zero attached hydrogens (tertiary/aromatic N) is 2. The third-order valence-corrected chi connectivity index (χ3v) is 6.53. The van der Waals surface area contributed by atoms with Gasteiger partial charge < -0.3 is 4.74 Å². The normalized spacial score (nSPS) is 11.8. The summed E-state index contributed by atoms with van der Waals surface area (Å²) >= 11 is 0. The Morgan fingerprint density at radius 1 is 0.632 bits per heavy atom. The minimum atomic E-state index is -4.38. The van der Waals surface area contributed by atoms with Crippen molar-refractivity contribution in [3.63, 3.8) is 0 Å².